The third-order valence-corrected chi connectivity index (χ3v) is 1.90. The molecule has 5 nitrogen and oxygen atoms in total. The van der Waals surface area contributed by atoms with Crippen molar-refractivity contribution >= 4 is 5.91 Å². The minimum atomic E-state index is -0.136. The molecule has 1 N–H and O–H groups in total. The number of hydrogen-bond donors (Lipinski definition) is 1. The van der Waals surface area contributed by atoms with E-state index in [-0.39, 0.29) is 18.6 Å². The molecule has 0 aliphatic heterocycles. The molecule has 1 unspecified atom stereocenters. The summed E-state index contributed by atoms with van der Waals surface area (Å²) in [5.41, 5.74) is 0. The quantitative estimate of drug-likeness (QED) is 0.752. The van der Waals surface area contributed by atoms with E-state index in [4.69, 9.17) is 4.74 Å². The highest BCUT2D eigenvalue weighted by Gasteiger charge is 2.12. The van der Waals surface area contributed by atoms with E-state index in [2.05, 4.69) is 10.3 Å². The van der Waals surface area contributed by atoms with Gasteiger partial charge >= 0.3 is 0 Å². The van der Waals surface area contributed by atoms with Gasteiger partial charge in [-0.15, -0.1) is 0 Å². The number of aryl methyl sites for hydroxylation is 1. The van der Waals surface area contributed by atoms with Crippen LogP contribution < -0.4 is 5.32 Å². The Labute approximate surface area is 83.1 Å². The van der Waals surface area contributed by atoms with Crippen LogP contribution in [0.25, 0.3) is 0 Å². The lowest BCUT2D eigenvalue weighted by atomic mass is 10.3. The normalized spacial score (nSPS) is 12.5. The molecule has 0 aliphatic carbocycles. The maximum Gasteiger partial charge on any atom is 0.246 e. The van der Waals surface area contributed by atoms with E-state index in [1.54, 1.807) is 6.20 Å². The Hall–Kier alpha value is -1.36. The molecular weight excluding hydrogens is 182 g/mol. The molecule has 0 bridgehead atoms. The van der Waals surface area contributed by atoms with Gasteiger partial charge in [-0.1, -0.05) is 0 Å². The highest BCUT2D eigenvalue weighted by Crippen LogP contribution is 2.07. The fourth-order valence-corrected chi connectivity index (χ4v) is 1.27. The number of carbonyl (C=O) groups is 1. The molecule has 1 aromatic heterocycles. The van der Waals surface area contributed by atoms with E-state index in [9.17, 15) is 4.79 Å². The number of amides is 1. The van der Waals surface area contributed by atoms with Gasteiger partial charge in [-0.05, 0) is 6.92 Å². The molecule has 1 amide bonds. The van der Waals surface area contributed by atoms with Crippen LogP contribution in [-0.4, -0.2) is 29.2 Å². The highest BCUT2D eigenvalue weighted by molar-refractivity contribution is 5.77. The molecule has 0 radical (unpaired) electrons. The van der Waals surface area contributed by atoms with Crippen LogP contribution in [0.4, 0.5) is 0 Å². The average molecular weight is 197 g/mol. The number of rotatable bonds is 4. The average Bonchev–Trinajstić information content (AvgIpc) is 2.51. The fraction of sp³-hybridized carbons (Fsp3) is 0.556. The second kappa shape index (κ2) is 4.76. The molecule has 0 saturated heterocycles. The number of carbonyl (C=O) groups excluding carboxylic acids is 1. The van der Waals surface area contributed by atoms with Crippen molar-refractivity contribution < 1.29 is 9.53 Å². The first-order valence-corrected chi connectivity index (χ1v) is 4.40. The van der Waals surface area contributed by atoms with Gasteiger partial charge in [-0.3, -0.25) is 4.79 Å². The van der Waals surface area contributed by atoms with E-state index in [0.717, 1.165) is 5.82 Å². The summed E-state index contributed by atoms with van der Waals surface area (Å²) in [4.78, 5) is 15.3. The molecule has 0 aliphatic rings. The summed E-state index contributed by atoms with van der Waals surface area (Å²) in [6.07, 6.45) is 3.54. The topological polar surface area (TPSA) is 56.1 Å². The molecule has 1 aromatic rings. The van der Waals surface area contributed by atoms with Crippen molar-refractivity contribution in [1.29, 1.82) is 0 Å². The van der Waals surface area contributed by atoms with E-state index in [0.29, 0.717) is 0 Å². The molecule has 1 atom stereocenters. The second-order valence-corrected chi connectivity index (χ2v) is 3.12. The first-order chi connectivity index (χ1) is 6.65. The first-order valence-electron chi connectivity index (χ1n) is 4.40. The lowest BCUT2D eigenvalue weighted by Crippen LogP contribution is -2.31. The molecule has 14 heavy (non-hydrogen) atoms. The molecule has 0 fully saturated rings. The Morgan fingerprint density at radius 1 is 1.79 bits per heavy atom. The van der Waals surface area contributed by atoms with Crippen molar-refractivity contribution in [2.75, 3.05) is 13.7 Å². The minimum absolute atomic E-state index is 0.0781. The van der Waals surface area contributed by atoms with Crippen LogP contribution in [0.2, 0.25) is 0 Å². The van der Waals surface area contributed by atoms with Crippen LogP contribution in [0.1, 0.15) is 18.8 Å². The summed E-state index contributed by atoms with van der Waals surface area (Å²) in [5.74, 6) is 0.692. The number of nitrogens with one attached hydrogen (secondary N) is 1. The number of hydrogen-bond acceptors (Lipinski definition) is 3. The van der Waals surface area contributed by atoms with Gasteiger partial charge in [0.1, 0.15) is 12.4 Å². The van der Waals surface area contributed by atoms with Gasteiger partial charge in [0.2, 0.25) is 5.91 Å². The maximum absolute atomic E-state index is 11.2. The first kappa shape index (κ1) is 10.7. The number of nitrogens with zero attached hydrogens (tertiary/aromatic N) is 2. The standard InChI is InChI=1S/C9H15N3O2/c1-7(11-8(13)6-14-3)9-10-4-5-12(9)2/h4-5,7H,6H2,1-3H3,(H,11,13). The van der Waals surface area contributed by atoms with Crippen molar-refractivity contribution in [3.63, 3.8) is 0 Å². The number of ether oxygens (including phenoxy) is 1. The molecular formula is C9H15N3O2. The number of imidazole rings is 1. The Bertz CT molecular complexity index is 309. The smallest absolute Gasteiger partial charge is 0.246 e. The van der Waals surface area contributed by atoms with Crippen molar-refractivity contribution in [3.8, 4) is 0 Å². The zero-order valence-electron chi connectivity index (χ0n) is 8.65. The third kappa shape index (κ3) is 2.56. The van der Waals surface area contributed by atoms with E-state index in [1.165, 1.54) is 7.11 Å². The van der Waals surface area contributed by atoms with Gasteiger partial charge in [0.15, 0.2) is 0 Å². The Morgan fingerprint density at radius 3 is 3.00 bits per heavy atom. The maximum atomic E-state index is 11.2. The van der Waals surface area contributed by atoms with Crippen LogP contribution in [0.5, 0.6) is 0 Å². The zero-order chi connectivity index (χ0) is 10.6. The van der Waals surface area contributed by atoms with Crippen LogP contribution in [0.15, 0.2) is 12.4 Å². The predicted molar refractivity (Wildman–Crippen MR) is 51.6 cm³/mol. The predicted octanol–water partition coefficient (Wildman–Crippen LogP) is 0.244. The fourth-order valence-electron chi connectivity index (χ4n) is 1.27. The van der Waals surface area contributed by atoms with E-state index < -0.39 is 0 Å². The summed E-state index contributed by atoms with van der Waals surface area (Å²) >= 11 is 0. The molecule has 1 rings (SSSR count). The SMILES string of the molecule is COCC(=O)NC(C)c1nccn1C. The summed E-state index contributed by atoms with van der Waals surface area (Å²) < 4.78 is 6.59. The Kier molecular flexibility index (Phi) is 3.64. The summed E-state index contributed by atoms with van der Waals surface area (Å²) in [5, 5.41) is 2.78. The van der Waals surface area contributed by atoms with Crippen LogP contribution >= 0.6 is 0 Å². The summed E-state index contributed by atoms with van der Waals surface area (Å²) in [6.45, 7) is 1.96. The minimum Gasteiger partial charge on any atom is -0.375 e. The van der Waals surface area contributed by atoms with Crippen molar-refractivity contribution in [2.45, 2.75) is 13.0 Å². The molecule has 0 spiro atoms. The second-order valence-electron chi connectivity index (χ2n) is 3.12. The van der Waals surface area contributed by atoms with Crippen molar-refractivity contribution in [2.24, 2.45) is 7.05 Å². The lowest BCUT2D eigenvalue weighted by Gasteiger charge is -2.13. The van der Waals surface area contributed by atoms with Crippen molar-refractivity contribution in [3.05, 3.63) is 18.2 Å². The monoisotopic (exact) mass is 197 g/mol. The van der Waals surface area contributed by atoms with Gasteiger partial charge in [0.05, 0.1) is 6.04 Å². The zero-order valence-corrected chi connectivity index (χ0v) is 8.65. The molecule has 1 heterocycles. The summed E-state index contributed by atoms with van der Waals surface area (Å²) in [7, 11) is 3.38. The third-order valence-electron chi connectivity index (χ3n) is 1.90. The van der Waals surface area contributed by atoms with Gasteiger partial charge in [-0.25, -0.2) is 4.98 Å². The van der Waals surface area contributed by atoms with E-state index in [1.807, 2.05) is 24.7 Å². The van der Waals surface area contributed by atoms with Crippen LogP contribution in [0, 0.1) is 0 Å². The summed E-state index contributed by atoms with van der Waals surface area (Å²) in [6, 6.07) is -0.0994. The van der Waals surface area contributed by atoms with Gasteiger partial charge in [0, 0.05) is 26.6 Å². The molecule has 0 saturated carbocycles. The molecule has 0 aromatic carbocycles. The Morgan fingerprint density at radius 2 is 2.50 bits per heavy atom. The number of methoxy groups -OCH3 is 1. The largest absolute Gasteiger partial charge is 0.375 e. The van der Waals surface area contributed by atoms with E-state index >= 15 is 0 Å². The van der Waals surface area contributed by atoms with Crippen LogP contribution in [0.3, 0.4) is 0 Å². The molecule has 78 valence electrons. The van der Waals surface area contributed by atoms with Crippen LogP contribution in [-0.2, 0) is 16.6 Å². The number of aromatic nitrogens is 2. The van der Waals surface area contributed by atoms with Gasteiger partial charge in [0.25, 0.3) is 0 Å². The lowest BCUT2D eigenvalue weighted by molar-refractivity contribution is -0.125. The highest BCUT2D eigenvalue weighted by atomic mass is 16.5. The Balaban J connectivity index is 2.54. The molecule has 5 heteroatoms. The van der Waals surface area contributed by atoms with Crippen molar-refractivity contribution in [1.82, 2.24) is 14.9 Å². The van der Waals surface area contributed by atoms with Gasteiger partial charge in [-0.2, -0.15) is 0 Å². The van der Waals surface area contributed by atoms with Gasteiger partial charge < -0.3 is 14.6 Å².